The number of pyridine rings is 2. The predicted molar refractivity (Wildman–Crippen MR) is 101 cm³/mol. The average Bonchev–Trinajstić information content (AvgIpc) is 3.23. The Labute approximate surface area is 153 Å². The fraction of sp³-hybridized carbons (Fsp3) is 0. The second-order valence-electron chi connectivity index (χ2n) is 5.41. The van der Waals surface area contributed by atoms with Crippen molar-refractivity contribution in [3.8, 4) is 39.3 Å². The van der Waals surface area contributed by atoms with Crippen LogP contribution in [0.4, 0.5) is 5.82 Å². The third-order valence-corrected chi connectivity index (χ3v) is 4.66. The number of nitrogens with two attached hydrogens (primary N) is 1. The summed E-state index contributed by atoms with van der Waals surface area (Å²) in [5.41, 5.74) is 8.93. The van der Waals surface area contributed by atoms with Crippen LogP contribution >= 0.6 is 11.3 Å². The molecule has 4 rings (SSSR count). The number of anilines is 1. The van der Waals surface area contributed by atoms with Crippen molar-refractivity contribution in [2.45, 2.75) is 0 Å². The summed E-state index contributed by atoms with van der Waals surface area (Å²) in [4.78, 5) is 18.4. The summed E-state index contributed by atoms with van der Waals surface area (Å²) < 4.78 is 0. The molecule has 4 aromatic rings. The first-order valence-corrected chi connectivity index (χ1v) is 8.62. The summed E-state index contributed by atoms with van der Waals surface area (Å²) in [5, 5.41) is 11.5. The van der Waals surface area contributed by atoms with Gasteiger partial charge in [-0.1, -0.05) is 12.1 Å². The Morgan fingerprint density at radius 2 is 1.85 bits per heavy atom. The lowest BCUT2D eigenvalue weighted by molar-refractivity contribution is 1.18. The zero-order chi connectivity index (χ0) is 17.9. The van der Waals surface area contributed by atoms with Gasteiger partial charge in [0.15, 0.2) is 5.82 Å². The monoisotopic (exact) mass is 356 g/mol. The third-order valence-electron chi connectivity index (χ3n) is 3.79. The zero-order valence-corrected chi connectivity index (χ0v) is 14.3. The van der Waals surface area contributed by atoms with Gasteiger partial charge in [-0.2, -0.15) is 5.26 Å². The SMILES string of the molecule is N#Cc1c(-c2cnc(-c3cccs3)nc2)cc(-c2ccccn2)nc1N. The van der Waals surface area contributed by atoms with Crippen LogP contribution in [0, 0.1) is 11.3 Å². The van der Waals surface area contributed by atoms with Crippen molar-refractivity contribution in [3.05, 3.63) is 65.9 Å². The molecule has 4 heterocycles. The molecule has 0 atom stereocenters. The molecule has 2 N–H and O–H groups in total. The molecule has 0 saturated heterocycles. The summed E-state index contributed by atoms with van der Waals surface area (Å²) >= 11 is 1.57. The van der Waals surface area contributed by atoms with Crippen molar-refractivity contribution >= 4 is 17.2 Å². The minimum atomic E-state index is 0.160. The highest BCUT2D eigenvalue weighted by Crippen LogP contribution is 2.30. The quantitative estimate of drug-likeness (QED) is 0.599. The van der Waals surface area contributed by atoms with Gasteiger partial charge in [0, 0.05) is 29.7 Å². The second kappa shape index (κ2) is 6.70. The Balaban J connectivity index is 1.82. The Morgan fingerprint density at radius 1 is 1.00 bits per heavy atom. The normalized spacial score (nSPS) is 10.4. The van der Waals surface area contributed by atoms with Gasteiger partial charge in [0.2, 0.25) is 0 Å². The average molecular weight is 356 g/mol. The van der Waals surface area contributed by atoms with Gasteiger partial charge in [0.1, 0.15) is 17.5 Å². The van der Waals surface area contributed by atoms with Crippen LogP contribution in [0.1, 0.15) is 5.56 Å². The molecular formula is C19H12N6S. The number of aromatic nitrogens is 4. The van der Waals surface area contributed by atoms with E-state index < -0.39 is 0 Å². The van der Waals surface area contributed by atoms with E-state index in [1.165, 1.54) is 0 Å². The molecular weight excluding hydrogens is 344 g/mol. The molecule has 0 saturated carbocycles. The van der Waals surface area contributed by atoms with Gasteiger partial charge in [-0.25, -0.2) is 15.0 Å². The molecule has 0 aliphatic heterocycles. The van der Waals surface area contributed by atoms with E-state index in [1.807, 2.05) is 35.7 Å². The van der Waals surface area contributed by atoms with Crippen LogP contribution in [0.5, 0.6) is 0 Å². The van der Waals surface area contributed by atoms with Gasteiger partial charge >= 0.3 is 0 Å². The number of nitriles is 1. The van der Waals surface area contributed by atoms with Gasteiger partial charge in [0.05, 0.1) is 16.3 Å². The number of thiophene rings is 1. The van der Waals surface area contributed by atoms with Gasteiger partial charge in [-0.05, 0) is 29.6 Å². The van der Waals surface area contributed by atoms with Gasteiger partial charge in [0.25, 0.3) is 0 Å². The van der Waals surface area contributed by atoms with Gasteiger partial charge in [-0.3, -0.25) is 4.98 Å². The molecule has 0 bridgehead atoms. The largest absolute Gasteiger partial charge is 0.383 e. The molecule has 7 heteroatoms. The molecule has 0 amide bonds. The summed E-state index contributed by atoms with van der Waals surface area (Å²) in [6, 6.07) is 13.4. The number of hydrogen-bond donors (Lipinski definition) is 1. The van der Waals surface area contributed by atoms with E-state index in [9.17, 15) is 5.26 Å². The molecule has 0 aromatic carbocycles. The van der Waals surface area contributed by atoms with Crippen LogP contribution in [-0.4, -0.2) is 19.9 Å². The Kier molecular flexibility index (Phi) is 4.09. The first kappa shape index (κ1) is 15.9. The molecule has 0 spiro atoms. The number of hydrogen-bond acceptors (Lipinski definition) is 7. The van der Waals surface area contributed by atoms with E-state index >= 15 is 0 Å². The van der Waals surface area contributed by atoms with Crippen LogP contribution in [0.3, 0.4) is 0 Å². The van der Waals surface area contributed by atoms with E-state index in [4.69, 9.17) is 5.73 Å². The molecule has 0 fully saturated rings. The predicted octanol–water partition coefficient (Wildman–Crippen LogP) is 3.78. The molecule has 0 aliphatic carbocycles. The summed E-state index contributed by atoms with van der Waals surface area (Å²) in [6.07, 6.45) is 5.07. The highest BCUT2D eigenvalue weighted by atomic mass is 32.1. The lowest BCUT2D eigenvalue weighted by Gasteiger charge is -2.09. The lowest BCUT2D eigenvalue weighted by atomic mass is 10.0. The molecule has 124 valence electrons. The maximum absolute atomic E-state index is 9.50. The van der Waals surface area contributed by atoms with Crippen LogP contribution < -0.4 is 5.73 Å². The van der Waals surface area contributed by atoms with Crippen molar-refractivity contribution in [1.29, 1.82) is 5.26 Å². The van der Waals surface area contributed by atoms with Crippen LogP contribution in [0.2, 0.25) is 0 Å². The van der Waals surface area contributed by atoms with E-state index in [2.05, 4.69) is 26.0 Å². The fourth-order valence-corrected chi connectivity index (χ4v) is 3.23. The van der Waals surface area contributed by atoms with Crippen molar-refractivity contribution < 1.29 is 0 Å². The Morgan fingerprint density at radius 3 is 2.50 bits per heavy atom. The van der Waals surface area contributed by atoms with E-state index in [1.54, 1.807) is 36.0 Å². The fourth-order valence-electron chi connectivity index (χ4n) is 2.56. The van der Waals surface area contributed by atoms with Crippen LogP contribution in [0.25, 0.3) is 33.2 Å². The first-order valence-electron chi connectivity index (χ1n) is 7.74. The second-order valence-corrected chi connectivity index (χ2v) is 6.36. The Hall–Kier alpha value is -3.63. The highest BCUT2D eigenvalue weighted by molar-refractivity contribution is 7.13. The van der Waals surface area contributed by atoms with Crippen molar-refractivity contribution in [2.24, 2.45) is 0 Å². The smallest absolute Gasteiger partial charge is 0.169 e. The highest BCUT2D eigenvalue weighted by Gasteiger charge is 2.15. The maximum Gasteiger partial charge on any atom is 0.169 e. The first-order chi connectivity index (χ1) is 12.8. The van der Waals surface area contributed by atoms with E-state index in [0.29, 0.717) is 33.9 Å². The van der Waals surface area contributed by atoms with Crippen molar-refractivity contribution in [3.63, 3.8) is 0 Å². The summed E-state index contributed by atoms with van der Waals surface area (Å²) in [6.45, 7) is 0. The van der Waals surface area contributed by atoms with Crippen LogP contribution in [-0.2, 0) is 0 Å². The summed E-state index contributed by atoms with van der Waals surface area (Å²) in [7, 11) is 0. The standard InChI is InChI=1S/C19H12N6S/c20-9-14-13(8-16(25-18(14)21)15-4-1-2-6-22-15)12-10-23-19(24-11-12)17-5-3-7-26-17/h1-8,10-11H,(H2,21,25). The minimum Gasteiger partial charge on any atom is -0.383 e. The molecule has 4 aromatic heterocycles. The van der Waals surface area contributed by atoms with E-state index in [0.717, 1.165) is 4.88 Å². The molecule has 0 radical (unpaired) electrons. The topological polar surface area (TPSA) is 101 Å². The van der Waals surface area contributed by atoms with Crippen molar-refractivity contribution in [1.82, 2.24) is 19.9 Å². The Bertz CT molecular complexity index is 1080. The molecule has 0 aliphatic rings. The third kappa shape index (κ3) is 2.90. The van der Waals surface area contributed by atoms with Gasteiger partial charge < -0.3 is 5.73 Å². The number of rotatable bonds is 3. The number of nitrogen functional groups attached to an aromatic ring is 1. The van der Waals surface area contributed by atoms with Crippen molar-refractivity contribution in [2.75, 3.05) is 5.73 Å². The maximum atomic E-state index is 9.50. The molecule has 6 nitrogen and oxygen atoms in total. The molecule has 26 heavy (non-hydrogen) atoms. The lowest BCUT2D eigenvalue weighted by Crippen LogP contribution is -2.01. The van der Waals surface area contributed by atoms with Crippen LogP contribution in [0.15, 0.2) is 60.4 Å². The molecule has 0 unspecified atom stereocenters. The van der Waals surface area contributed by atoms with E-state index in [-0.39, 0.29) is 5.82 Å². The minimum absolute atomic E-state index is 0.160. The summed E-state index contributed by atoms with van der Waals surface area (Å²) in [5.74, 6) is 0.808. The van der Waals surface area contributed by atoms with Gasteiger partial charge in [-0.15, -0.1) is 11.3 Å². The zero-order valence-electron chi connectivity index (χ0n) is 13.5. The number of nitrogens with zero attached hydrogens (tertiary/aromatic N) is 5.